The highest BCUT2D eigenvalue weighted by atomic mass is 32.2. The lowest BCUT2D eigenvalue weighted by atomic mass is 10.1. The van der Waals surface area contributed by atoms with Crippen molar-refractivity contribution in [2.45, 2.75) is 18.9 Å². The summed E-state index contributed by atoms with van der Waals surface area (Å²) in [6, 6.07) is -0.252. The molecule has 1 aliphatic rings. The van der Waals surface area contributed by atoms with Crippen molar-refractivity contribution in [1.29, 1.82) is 0 Å². The van der Waals surface area contributed by atoms with Crippen LogP contribution in [0.5, 0.6) is 0 Å². The van der Waals surface area contributed by atoms with Crippen molar-refractivity contribution >= 4 is 15.6 Å². The highest BCUT2D eigenvalue weighted by Gasteiger charge is 2.20. The molecule has 1 N–H and O–H groups in total. The van der Waals surface area contributed by atoms with Gasteiger partial charge in [0.1, 0.15) is 9.84 Å². The molecule has 0 bridgehead atoms. The van der Waals surface area contributed by atoms with E-state index in [1.54, 1.807) is 0 Å². The summed E-state index contributed by atoms with van der Waals surface area (Å²) in [7, 11) is -2.95. The van der Waals surface area contributed by atoms with E-state index in [0.717, 1.165) is 0 Å². The third-order valence-electron chi connectivity index (χ3n) is 2.25. The number of morpholine rings is 1. The van der Waals surface area contributed by atoms with Crippen molar-refractivity contribution in [2.24, 2.45) is 0 Å². The van der Waals surface area contributed by atoms with Gasteiger partial charge < -0.3 is 10.1 Å². The Balaban J connectivity index is 2.23. The standard InChI is InChI=1S/C9H17NO4S/c1-15(12,13)6-2-3-9(11)8-7-14-5-4-10-8/h8,10H,2-7H2,1H3. The molecule has 88 valence electrons. The number of hydrogen-bond donors (Lipinski definition) is 1. The van der Waals surface area contributed by atoms with Crippen molar-refractivity contribution < 1.29 is 17.9 Å². The predicted molar refractivity (Wildman–Crippen MR) is 56.6 cm³/mol. The summed E-state index contributed by atoms with van der Waals surface area (Å²) < 4.78 is 26.8. The highest BCUT2D eigenvalue weighted by molar-refractivity contribution is 7.90. The van der Waals surface area contributed by atoms with Gasteiger partial charge in [-0.1, -0.05) is 0 Å². The van der Waals surface area contributed by atoms with Crippen molar-refractivity contribution in [1.82, 2.24) is 5.32 Å². The molecular weight excluding hydrogens is 218 g/mol. The van der Waals surface area contributed by atoms with E-state index in [1.165, 1.54) is 6.26 Å². The smallest absolute Gasteiger partial charge is 0.152 e. The third kappa shape index (κ3) is 5.25. The van der Waals surface area contributed by atoms with Gasteiger partial charge in [0.15, 0.2) is 5.78 Å². The van der Waals surface area contributed by atoms with E-state index in [9.17, 15) is 13.2 Å². The minimum atomic E-state index is -2.95. The van der Waals surface area contributed by atoms with E-state index in [4.69, 9.17) is 4.74 Å². The van der Waals surface area contributed by atoms with Gasteiger partial charge in [0.05, 0.1) is 25.0 Å². The molecule has 0 spiro atoms. The first-order valence-corrected chi connectivity index (χ1v) is 7.06. The highest BCUT2D eigenvalue weighted by Crippen LogP contribution is 2.02. The molecule has 0 aromatic carbocycles. The molecular formula is C9H17NO4S. The molecule has 5 nitrogen and oxygen atoms in total. The fourth-order valence-corrected chi connectivity index (χ4v) is 2.12. The van der Waals surface area contributed by atoms with Crippen LogP contribution in [0.15, 0.2) is 0 Å². The Bertz CT molecular complexity index is 306. The average molecular weight is 235 g/mol. The minimum Gasteiger partial charge on any atom is -0.378 e. The largest absolute Gasteiger partial charge is 0.378 e. The molecule has 1 rings (SSSR count). The molecule has 1 saturated heterocycles. The van der Waals surface area contributed by atoms with Crippen LogP contribution in [0.1, 0.15) is 12.8 Å². The maximum atomic E-state index is 11.5. The number of Topliss-reactive ketones (excluding diaryl/α,β-unsaturated/α-hetero) is 1. The summed E-state index contributed by atoms with van der Waals surface area (Å²) in [5.74, 6) is 0.116. The van der Waals surface area contributed by atoms with Gasteiger partial charge in [-0.2, -0.15) is 0 Å². The van der Waals surface area contributed by atoms with Crippen LogP contribution in [0.4, 0.5) is 0 Å². The van der Waals surface area contributed by atoms with Crippen molar-refractivity contribution in [3.63, 3.8) is 0 Å². The quantitative estimate of drug-likeness (QED) is 0.687. The lowest BCUT2D eigenvalue weighted by Crippen LogP contribution is -2.46. The van der Waals surface area contributed by atoms with Gasteiger partial charge in [-0.3, -0.25) is 4.79 Å². The van der Waals surface area contributed by atoms with Crippen molar-refractivity contribution in [3.05, 3.63) is 0 Å². The molecule has 1 fully saturated rings. The topological polar surface area (TPSA) is 72.5 Å². The van der Waals surface area contributed by atoms with Gasteiger partial charge in [0.2, 0.25) is 0 Å². The molecule has 0 aromatic rings. The van der Waals surface area contributed by atoms with Crippen molar-refractivity contribution in [3.8, 4) is 0 Å². The maximum absolute atomic E-state index is 11.5. The van der Waals surface area contributed by atoms with E-state index in [0.29, 0.717) is 32.6 Å². The van der Waals surface area contributed by atoms with Crippen molar-refractivity contribution in [2.75, 3.05) is 31.8 Å². The van der Waals surface area contributed by atoms with Gasteiger partial charge >= 0.3 is 0 Å². The zero-order valence-electron chi connectivity index (χ0n) is 8.86. The molecule has 0 aliphatic carbocycles. The molecule has 0 radical (unpaired) electrons. The Labute approximate surface area is 90.1 Å². The Morgan fingerprint density at radius 3 is 2.80 bits per heavy atom. The second kappa shape index (κ2) is 5.58. The zero-order chi connectivity index (χ0) is 11.3. The summed E-state index contributed by atoms with van der Waals surface area (Å²) in [4.78, 5) is 11.5. The molecule has 0 amide bonds. The zero-order valence-corrected chi connectivity index (χ0v) is 9.68. The number of ether oxygens (including phenoxy) is 1. The fourth-order valence-electron chi connectivity index (χ4n) is 1.46. The van der Waals surface area contributed by atoms with Crippen LogP contribution in [0.25, 0.3) is 0 Å². The van der Waals surface area contributed by atoms with Gasteiger partial charge in [-0.25, -0.2) is 8.42 Å². The SMILES string of the molecule is CS(=O)(=O)CCCC(=O)C1COCCN1. The number of nitrogens with one attached hydrogen (secondary N) is 1. The van der Waals surface area contributed by atoms with Crippen LogP contribution < -0.4 is 5.32 Å². The Kier molecular flexibility index (Phi) is 4.69. The first-order chi connectivity index (χ1) is 6.99. The average Bonchev–Trinajstić information content (AvgIpc) is 2.17. The van der Waals surface area contributed by atoms with Gasteiger partial charge in [0, 0.05) is 19.2 Å². The van der Waals surface area contributed by atoms with E-state index in [-0.39, 0.29) is 17.6 Å². The van der Waals surface area contributed by atoms with E-state index in [1.807, 2.05) is 0 Å². The molecule has 6 heteroatoms. The van der Waals surface area contributed by atoms with E-state index < -0.39 is 9.84 Å². The molecule has 1 heterocycles. The second-order valence-electron chi connectivity index (χ2n) is 3.78. The number of carbonyl (C=O) groups is 1. The molecule has 1 unspecified atom stereocenters. The second-order valence-corrected chi connectivity index (χ2v) is 6.04. The predicted octanol–water partition coefficient (Wildman–Crippen LogP) is -0.631. The minimum absolute atomic E-state index is 0.0401. The van der Waals surface area contributed by atoms with E-state index in [2.05, 4.69) is 5.32 Å². The summed E-state index contributed by atoms with van der Waals surface area (Å²) in [6.07, 6.45) is 1.88. The van der Waals surface area contributed by atoms with Gasteiger partial charge in [-0.15, -0.1) is 0 Å². The lowest BCUT2D eigenvalue weighted by Gasteiger charge is -2.22. The van der Waals surface area contributed by atoms with Crippen LogP contribution >= 0.6 is 0 Å². The van der Waals surface area contributed by atoms with E-state index >= 15 is 0 Å². The Morgan fingerprint density at radius 1 is 1.53 bits per heavy atom. The maximum Gasteiger partial charge on any atom is 0.152 e. The van der Waals surface area contributed by atoms with Crippen LogP contribution in [-0.2, 0) is 19.4 Å². The number of rotatable bonds is 5. The molecule has 15 heavy (non-hydrogen) atoms. The molecule has 0 aromatic heterocycles. The summed E-state index contributed by atoms with van der Waals surface area (Å²) in [5, 5.41) is 3.04. The van der Waals surface area contributed by atoms with Crippen LogP contribution in [-0.4, -0.2) is 52.0 Å². The molecule has 0 saturated carbocycles. The lowest BCUT2D eigenvalue weighted by molar-refractivity contribution is -0.123. The Hall–Kier alpha value is -0.460. The monoisotopic (exact) mass is 235 g/mol. The number of carbonyl (C=O) groups excluding carboxylic acids is 1. The Morgan fingerprint density at radius 2 is 2.27 bits per heavy atom. The van der Waals surface area contributed by atoms with Crippen LogP contribution in [0.3, 0.4) is 0 Å². The summed E-state index contributed by atoms with van der Waals surface area (Å²) >= 11 is 0. The number of ketones is 1. The fraction of sp³-hybridized carbons (Fsp3) is 0.889. The third-order valence-corrected chi connectivity index (χ3v) is 3.28. The summed E-state index contributed by atoms with van der Waals surface area (Å²) in [6.45, 7) is 1.72. The molecule has 1 atom stereocenters. The van der Waals surface area contributed by atoms with Gasteiger partial charge in [0.25, 0.3) is 0 Å². The number of sulfone groups is 1. The van der Waals surface area contributed by atoms with Crippen LogP contribution in [0.2, 0.25) is 0 Å². The first-order valence-electron chi connectivity index (χ1n) is 5.00. The van der Waals surface area contributed by atoms with Gasteiger partial charge in [-0.05, 0) is 6.42 Å². The normalized spacial score (nSPS) is 22.6. The number of hydrogen-bond acceptors (Lipinski definition) is 5. The summed E-state index contributed by atoms with van der Waals surface area (Å²) in [5.41, 5.74) is 0. The first kappa shape index (κ1) is 12.6. The molecule has 1 aliphatic heterocycles. The van der Waals surface area contributed by atoms with Crippen LogP contribution in [0, 0.1) is 0 Å².